The average Bonchev–Trinajstić information content (AvgIpc) is 3.41. The van der Waals surface area contributed by atoms with Crippen molar-refractivity contribution in [3.8, 4) is 0 Å². The van der Waals surface area contributed by atoms with E-state index in [4.69, 9.17) is 0 Å². The van der Waals surface area contributed by atoms with E-state index in [2.05, 4.69) is 22.5 Å². The molecular weight excluding hydrogens is 538 g/mol. The molecule has 42 heavy (non-hydrogen) atoms. The highest BCUT2D eigenvalue weighted by atomic mass is 16.4. The Hall–Kier alpha value is -3.89. The van der Waals surface area contributed by atoms with Crippen LogP contribution in [0.15, 0.2) is 36.9 Å². The Kier molecular flexibility index (Phi) is 9.74. The molecule has 1 aromatic rings. The van der Waals surface area contributed by atoms with E-state index in [1.165, 1.54) is 11.0 Å². The standard InChI is InChI=1S/C31H45N5O6/c1-9-20-17-31(20,28(40)41)34-26(38)22-11-10-16-36(22)27(39)25(30(4,5)6)33-29(42)32-23(18(2)3)24(37)19-12-14-21(15-13-19)35(7)8/h9,12-15,18,20,22-23,25H,1,10-11,16-17H2,2-8H3,(H,34,38)(H,40,41)(H2,32,33,42)/t20?,22-,23-,25+,31+/m0/s1. The first-order chi connectivity index (χ1) is 19.5. The van der Waals surface area contributed by atoms with Gasteiger partial charge in [0.25, 0.3) is 0 Å². The van der Waals surface area contributed by atoms with E-state index in [-0.39, 0.29) is 24.0 Å². The summed E-state index contributed by atoms with van der Waals surface area (Å²) in [5.41, 5.74) is -0.732. The first-order valence-corrected chi connectivity index (χ1v) is 14.4. The van der Waals surface area contributed by atoms with Crippen molar-refractivity contribution in [3.05, 3.63) is 42.5 Å². The van der Waals surface area contributed by atoms with Gasteiger partial charge in [0.1, 0.15) is 17.6 Å². The Morgan fingerprint density at radius 1 is 1.10 bits per heavy atom. The number of carbonyl (C=O) groups excluding carboxylic acids is 4. The van der Waals surface area contributed by atoms with Crippen molar-refractivity contribution in [1.82, 2.24) is 20.9 Å². The minimum Gasteiger partial charge on any atom is -0.479 e. The highest BCUT2D eigenvalue weighted by Crippen LogP contribution is 2.45. The summed E-state index contributed by atoms with van der Waals surface area (Å²) in [6.45, 7) is 13.0. The highest BCUT2D eigenvalue weighted by Gasteiger charge is 2.61. The summed E-state index contributed by atoms with van der Waals surface area (Å²) in [6.07, 6.45) is 2.71. The largest absolute Gasteiger partial charge is 0.479 e. The fourth-order valence-electron chi connectivity index (χ4n) is 5.39. The molecule has 1 aromatic carbocycles. The monoisotopic (exact) mass is 583 g/mol. The molecule has 1 aliphatic heterocycles. The molecule has 11 heteroatoms. The minimum absolute atomic E-state index is 0.226. The van der Waals surface area contributed by atoms with Crippen LogP contribution >= 0.6 is 0 Å². The molecule has 2 aliphatic rings. The number of anilines is 1. The Balaban J connectivity index is 1.74. The maximum atomic E-state index is 13.8. The number of carboxylic acids is 1. The lowest BCUT2D eigenvalue weighted by Gasteiger charge is -2.36. The summed E-state index contributed by atoms with van der Waals surface area (Å²) < 4.78 is 0. The number of hydrogen-bond donors (Lipinski definition) is 4. The topological polar surface area (TPSA) is 148 Å². The van der Waals surface area contributed by atoms with Gasteiger partial charge in [-0.1, -0.05) is 40.7 Å². The molecule has 1 unspecified atom stereocenters. The molecular formula is C31H45N5O6. The van der Waals surface area contributed by atoms with Crippen LogP contribution in [0.2, 0.25) is 0 Å². The van der Waals surface area contributed by atoms with Crippen LogP contribution in [0.1, 0.15) is 64.2 Å². The summed E-state index contributed by atoms with van der Waals surface area (Å²) in [5, 5.41) is 17.9. The molecule has 1 saturated heterocycles. The van der Waals surface area contributed by atoms with Crippen LogP contribution in [0.3, 0.4) is 0 Å². The smallest absolute Gasteiger partial charge is 0.330 e. The number of rotatable bonds is 11. The molecule has 0 spiro atoms. The number of hydrogen-bond acceptors (Lipinski definition) is 6. The van der Waals surface area contributed by atoms with Gasteiger partial charge in [0, 0.05) is 37.8 Å². The Labute approximate surface area is 248 Å². The number of amides is 4. The van der Waals surface area contributed by atoms with Crippen molar-refractivity contribution in [3.63, 3.8) is 0 Å². The van der Waals surface area contributed by atoms with E-state index >= 15 is 0 Å². The average molecular weight is 584 g/mol. The number of Topliss-reactive ketones (excluding diaryl/α,β-unsaturated/α-hetero) is 1. The molecule has 1 aliphatic carbocycles. The first-order valence-electron chi connectivity index (χ1n) is 14.4. The molecule has 2 fully saturated rings. The van der Waals surface area contributed by atoms with Crippen LogP contribution in [-0.4, -0.2) is 83.9 Å². The summed E-state index contributed by atoms with van der Waals surface area (Å²) >= 11 is 0. The van der Waals surface area contributed by atoms with E-state index in [9.17, 15) is 29.1 Å². The van der Waals surface area contributed by atoms with Gasteiger partial charge in [0.05, 0.1) is 6.04 Å². The number of nitrogens with one attached hydrogen (secondary N) is 3. The number of benzene rings is 1. The first kappa shape index (κ1) is 32.6. The predicted octanol–water partition coefficient (Wildman–Crippen LogP) is 2.81. The second-order valence-corrected chi connectivity index (χ2v) is 12.9. The Morgan fingerprint density at radius 3 is 2.19 bits per heavy atom. The van der Waals surface area contributed by atoms with Crippen LogP contribution in [-0.2, 0) is 14.4 Å². The third-order valence-electron chi connectivity index (χ3n) is 8.16. The highest BCUT2D eigenvalue weighted by molar-refractivity contribution is 6.02. The molecule has 4 N–H and O–H groups in total. The molecule has 4 amide bonds. The number of carboxylic acid groups (broad SMARTS) is 1. The molecule has 11 nitrogen and oxygen atoms in total. The van der Waals surface area contributed by atoms with Crippen LogP contribution < -0.4 is 20.9 Å². The zero-order chi connectivity index (χ0) is 31.6. The molecule has 1 saturated carbocycles. The van der Waals surface area contributed by atoms with Gasteiger partial charge in [0.2, 0.25) is 11.8 Å². The fourth-order valence-corrected chi connectivity index (χ4v) is 5.39. The summed E-state index contributed by atoms with van der Waals surface area (Å²) in [4.78, 5) is 68.9. The zero-order valence-corrected chi connectivity index (χ0v) is 25.7. The van der Waals surface area contributed by atoms with E-state index in [1.807, 2.05) is 45.0 Å². The molecule has 0 radical (unpaired) electrons. The van der Waals surface area contributed by atoms with Gasteiger partial charge < -0.3 is 30.9 Å². The lowest BCUT2D eigenvalue weighted by atomic mass is 9.85. The van der Waals surface area contributed by atoms with Crippen LogP contribution in [0.25, 0.3) is 0 Å². The Morgan fingerprint density at radius 2 is 1.71 bits per heavy atom. The van der Waals surface area contributed by atoms with Gasteiger partial charge in [-0.05, 0) is 54.9 Å². The van der Waals surface area contributed by atoms with Gasteiger partial charge in [0.15, 0.2) is 5.78 Å². The molecule has 230 valence electrons. The van der Waals surface area contributed by atoms with Gasteiger partial charge in [-0.15, -0.1) is 6.58 Å². The quantitative estimate of drug-likeness (QED) is 0.231. The third-order valence-corrected chi connectivity index (χ3v) is 8.16. The number of urea groups is 1. The second-order valence-electron chi connectivity index (χ2n) is 12.9. The Bertz CT molecular complexity index is 1220. The molecule has 5 atom stereocenters. The number of carbonyl (C=O) groups is 5. The van der Waals surface area contributed by atoms with Crippen LogP contribution in [0.4, 0.5) is 10.5 Å². The van der Waals surface area contributed by atoms with Crippen molar-refractivity contribution in [2.45, 2.75) is 77.5 Å². The van der Waals surface area contributed by atoms with Crippen molar-refractivity contribution >= 4 is 35.3 Å². The molecule has 3 rings (SSSR count). The molecule has 1 heterocycles. The van der Waals surface area contributed by atoms with Crippen molar-refractivity contribution in [2.75, 3.05) is 25.5 Å². The van der Waals surface area contributed by atoms with E-state index in [1.54, 1.807) is 32.9 Å². The van der Waals surface area contributed by atoms with Gasteiger partial charge in [-0.3, -0.25) is 14.4 Å². The summed E-state index contributed by atoms with van der Waals surface area (Å²) in [5.74, 6) is -2.95. The number of aliphatic carboxylic acids is 1. The van der Waals surface area contributed by atoms with Crippen molar-refractivity contribution in [2.24, 2.45) is 17.3 Å². The number of likely N-dealkylation sites (tertiary alicyclic amines) is 1. The van der Waals surface area contributed by atoms with Gasteiger partial charge in [-0.25, -0.2) is 9.59 Å². The predicted molar refractivity (Wildman–Crippen MR) is 160 cm³/mol. The fraction of sp³-hybridized carbons (Fsp3) is 0.581. The SMILES string of the molecule is C=CC1C[C@]1(NC(=O)[C@@H]1CCCN1C(=O)[C@@H](NC(=O)N[C@H](C(=O)c1ccc(N(C)C)cc1)C(C)C)C(C)(C)C)C(=O)O. The molecule has 0 bridgehead atoms. The van der Waals surface area contributed by atoms with Gasteiger partial charge >= 0.3 is 12.0 Å². The normalized spacial score (nSPS) is 23.0. The maximum Gasteiger partial charge on any atom is 0.330 e. The van der Waals surface area contributed by atoms with Crippen molar-refractivity contribution in [1.29, 1.82) is 0 Å². The second kappa shape index (κ2) is 12.5. The summed E-state index contributed by atoms with van der Waals surface area (Å²) in [7, 11) is 3.81. The lowest BCUT2D eigenvalue weighted by molar-refractivity contribution is -0.146. The lowest BCUT2D eigenvalue weighted by Crippen LogP contribution is -2.61. The minimum atomic E-state index is -1.40. The number of nitrogens with zero attached hydrogens (tertiary/aromatic N) is 2. The number of ketones is 1. The maximum absolute atomic E-state index is 13.8. The molecule has 0 aromatic heterocycles. The third kappa shape index (κ3) is 6.94. The van der Waals surface area contributed by atoms with Crippen LogP contribution in [0.5, 0.6) is 0 Å². The van der Waals surface area contributed by atoms with E-state index in [0.29, 0.717) is 24.9 Å². The van der Waals surface area contributed by atoms with E-state index in [0.717, 1.165) is 5.69 Å². The van der Waals surface area contributed by atoms with Crippen LogP contribution in [0, 0.1) is 17.3 Å². The summed E-state index contributed by atoms with van der Waals surface area (Å²) in [6, 6.07) is 3.74. The zero-order valence-electron chi connectivity index (χ0n) is 25.7. The van der Waals surface area contributed by atoms with Gasteiger partial charge in [-0.2, -0.15) is 0 Å². The van der Waals surface area contributed by atoms with Crippen molar-refractivity contribution < 1.29 is 29.1 Å². The van der Waals surface area contributed by atoms with E-state index < -0.39 is 52.9 Å².